The summed E-state index contributed by atoms with van der Waals surface area (Å²) in [5.74, 6) is 1.15. The van der Waals surface area contributed by atoms with Crippen LogP contribution in [0.1, 0.15) is 32.5 Å². The first-order chi connectivity index (χ1) is 8.93. The van der Waals surface area contributed by atoms with Gasteiger partial charge in [-0.3, -0.25) is 0 Å². The molecule has 19 heavy (non-hydrogen) atoms. The van der Waals surface area contributed by atoms with Gasteiger partial charge in [-0.05, 0) is 43.0 Å². The van der Waals surface area contributed by atoms with Crippen molar-refractivity contribution in [2.75, 3.05) is 6.54 Å². The molecule has 0 amide bonds. The van der Waals surface area contributed by atoms with Crippen LogP contribution in [-0.4, -0.2) is 16.1 Å². The van der Waals surface area contributed by atoms with Crippen molar-refractivity contribution < 1.29 is 0 Å². The Morgan fingerprint density at radius 2 is 2.05 bits per heavy atom. The number of nitrogens with zero attached hydrogens (tertiary/aromatic N) is 2. The predicted octanol–water partition coefficient (Wildman–Crippen LogP) is 3.64. The molecule has 4 heteroatoms. The van der Waals surface area contributed by atoms with E-state index in [1.165, 1.54) is 5.52 Å². The van der Waals surface area contributed by atoms with Crippen molar-refractivity contribution in [2.45, 2.75) is 33.1 Å². The minimum atomic E-state index is 0.285. The molecular formula is C15H22BrN3. The van der Waals surface area contributed by atoms with Crippen LogP contribution < -0.4 is 5.73 Å². The number of hydrogen-bond acceptors (Lipinski definition) is 2. The zero-order chi connectivity index (χ0) is 14.0. The highest BCUT2D eigenvalue weighted by Crippen LogP contribution is 2.27. The van der Waals surface area contributed by atoms with Crippen LogP contribution in [-0.2, 0) is 13.5 Å². The van der Waals surface area contributed by atoms with E-state index in [2.05, 4.69) is 59.6 Å². The van der Waals surface area contributed by atoms with Gasteiger partial charge in [-0.2, -0.15) is 0 Å². The highest BCUT2D eigenvalue weighted by molar-refractivity contribution is 9.10. The van der Waals surface area contributed by atoms with E-state index >= 15 is 0 Å². The standard InChI is InChI=1S/C15H22BrN3/c1-15(2,8-9-17)7-6-14-18-12-10-11(16)4-5-13(12)19(14)3/h4-5,10H,6-9,17H2,1-3H3. The molecule has 0 unspecified atom stereocenters. The minimum absolute atomic E-state index is 0.285. The Morgan fingerprint density at radius 1 is 1.32 bits per heavy atom. The summed E-state index contributed by atoms with van der Waals surface area (Å²) in [4.78, 5) is 4.74. The predicted molar refractivity (Wildman–Crippen MR) is 84.2 cm³/mol. The van der Waals surface area contributed by atoms with E-state index < -0.39 is 0 Å². The van der Waals surface area contributed by atoms with Crippen molar-refractivity contribution in [3.05, 3.63) is 28.5 Å². The van der Waals surface area contributed by atoms with Gasteiger partial charge in [0.25, 0.3) is 0 Å². The maximum absolute atomic E-state index is 5.67. The lowest BCUT2D eigenvalue weighted by Crippen LogP contribution is -2.18. The topological polar surface area (TPSA) is 43.8 Å². The third kappa shape index (κ3) is 3.37. The normalized spacial score (nSPS) is 12.3. The summed E-state index contributed by atoms with van der Waals surface area (Å²) in [6.45, 7) is 5.31. The van der Waals surface area contributed by atoms with Gasteiger partial charge in [-0.15, -0.1) is 0 Å². The van der Waals surface area contributed by atoms with Crippen molar-refractivity contribution in [3.63, 3.8) is 0 Å². The second-order valence-corrected chi connectivity index (χ2v) is 6.84. The van der Waals surface area contributed by atoms with Gasteiger partial charge in [0.1, 0.15) is 5.82 Å². The Hall–Kier alpha value is -0.870. The van der Waals surface area contributed by atoms with Crippen LogP contribution in [0.15, 0.2) is 22.7 Å². The van der Waals surface area contributed by atoms with Crippen LogP contribution in [0.3, 0.4) is 0 Å². The highest BCUT2D eigenvalue weighted by atomic mass is 79.9. The zero-order valence-corrected chi connectivity index (χ0v) is 13.5. The molecule has 0 aliphatic rings. The first-order valence-corrected chi connectivity index (χ1v) is 7.53. The van der Waals surface area contributed by atoms with Crippen molar-refractivity contribution in [3.8, 4) is 0 Å². The first-order valence-electron chi connectivity index (χ1n) is 6.74. The fourth-order valence-electron chi connectivity index (χ4n) is 2.41. The number of hydrogen-bond donors (Lipinski definition) is 1. The number of benzene rings is 1. The molecule has 0 radical (unpaired) electrons. The highest BCUT2D eigenvalue weighted by Gasteiger charge is 2.18. The number of aromatic nitrogens is 2. The van der Waals surface area contributed by atoms with Crippen molar-refractivity contribution >= 4 is 27.0 Å². The lowest BCUT2D eigenvalue weighted by molar-refractivity contribution is 0.310. The van der Waals surface area contributed by atoms with Crippen molar-refractivity contribution in [1.29, 1.82) is 0 Å². The van der Waals surface area contributed by atoms with Gasteiger partial charge in [-0.1, -0.05) is 29.8 Å². The van der Waals surface area contributed by atoms with Crippen LogP contribution in [0, 0.1) is 5.41 Å². The lowest BCUT2D eigenvalue weighted by Gasteiger charge is -2.23. The molecule has 0 saturated carbocycles. The maximum atomic E-state index is 5.67. The van der Waals surface area contributed by atoms with Crippen LogP contribution in [0.4, 0.5) is 0 Å². The number of halogens is 1. The summed E-state index contributed by atoms with van der Waals surface area (Å²) in [6, 6.07) is 6.25. The number of imidazole rings is 1. The second-order valence-electron chi connectivity index (χ2n) is 5.92. The van der Waals surface area contributed by atoms with Gasteiger partial charge in [0, 0.05) is 17.9 Å². The van der Waals surface area contributed by atoms with Crippen LogP contribution in [0.5, 0.6) is 0 Å². The minimum Gasteiger partial charge on any atom is -0.331 e. The molecule has 1 aromatic carbocycles. The smallest absolute Gasteiger partial charge is 0.109 e. The molecule has 1 aromatic heterocycles. The summed E-state index contributed by atoms with van der Waals surface area (Å²) in [7, 11) is 2.09. The molecule has 3 nitrogen and oxygen atoms in total. The van der Waals surface area contributed by atoms with Crippen LogP contribution >= 0.6 is 15.9 Å². The number of nitrogens with two attached hydrogens (primary N) is 1. The van der Waals surface area contributed by atoms with E-state index in [1.807, 2.05) is 0 Å². The molecule has 0 aliphatic heterocycles. The van der Waals surface area contributed by atoms with Gasteiger partial charge in [0.15, 0.2) is 0 Å². The van der Waals surface area contributed by atoms with Crippen LogP contribution in [0.25, 0.3) is 11.0 Å². The van der Waals surface area contributed by atoms with E-state index in [-0.39, 0.29) is 5.41 Å². The van der Waals surface area contributed by atoms with Gasteiger partial charge in [-0.25, -0.2) is 4.98 Å². The number of rotatable bonds is 5. The van der Waals surface area contributed by atoms with E-state index in [9.17, 15) is 0 Å². The summed E-state index contributed by atoms with van der Waals surface area (Å²) < 4.78 is 3.27. The van der Waals surface area contributed by atoms with Gasteiger partial charge >= 0.3 is 0 Å². The van der Waals surface area contributed by atoms with E-state index in [1.54, 1.807) is 0 Å². The number of aryl methyl sites for hydroxylation is 2. The zero-order valence-electron chi connectivity index (χ0n) is 11.9. The van der Waals surface area contributed by atoms with Gasteiger partial charge < -0.3 is 10.3 Å². The quantitative estimate of drug-likeness (QED) is 0.912. The fraction of sp³-hybridized carbons (Fsp3) is 0.533. The molecule has 2 N–H and O–H groups in total. The Balaban J connectivity index is 2.19. The molecule has 1 heterocycles. The Labute approximate surface area is 123 Å². The molecular weight excluding hydrogens is 302 g/mol. The second kappa shape index (κ2) is 5.63. The Bertz CT molecular complexity index is 572. The SMILES string of the molecule is Cn1c(CCC(C)(C)CCN)nc2cc(Br)ccc21. The monoisotopic (exact) mass is 323 g/mol. The van der Waals surface area contributed by atoms with E-state index in [0.29, 0.717) is 0 Å². The molecule has 0 atom stereocenters. The van der Waals surface area contributed by atoms with Gasteiger partial charge in [0.05, 0.1) is 11.0 Å². The summed E-state index contributed by atoms with van der Waals surface area (Å²) in [5.41, 5.74) is 8.20. The molecule has 0 fully saturated rings. The van der Waals surface area contributed by atoms with Gasteiger partial charge in [0.2, 0.25) is 0 Å². The molecule has 0 spiro atoms. The van der Waals surface area contributed by atoms with Crippen molar-refractivity contribution in [1.82, 2.24) is 9.55 Å². The van der Waals surface area contributed by atoms with E-state index in [4.69, 9.17) is 10.7 Å². The average molecular weight is 324 g/mol. The molecule has 2 rings (SSSR count). The third-order valence-electron chi connectivity index (χ3n) is 3.78. The van der Waals surface area contributed by atoms with Crippen LogP contribution in [0.2, 0.25) is 0 Å². The summed E-state index contributed by atoms with van der Waals surface area (Å²) in [5, 5.41) is 0. The lowest BCUT2D eigenvalue weighted by atomic mass is 9.84. The molecule has 2 aromatic rings. The molecule has 104 valence electrons. The van der Waals surface area contributed by atoms with E-state index in [0.717, 1.165) is 41.6 Å². The summed E-state index contributed by atoms with van der Waals surface area (Å²) >= 11 is 3.49. The third-order valence-corrected chi connectivity index (χ3v) is 4.28. The molecule has 0 bridgehead atoms. The summed E-state index contributed by atoms with van der Waals surface area (Å²) in [6.07, 6.45) is 3.17. The fourth-order valence-corrected chi connectivity index (χ4v) is 2.76. The van der Waals surface area contributed by atoms with Crippen molar-refractivity contribution in [2.24, 2.45) is 18.2 Å². The largest absolute Gasteiger partial charge is 0.331 e. The number of fused-ring (bicyclic) bond motifs is 1. The Kier molecular flexibility index (Phi) is 4.31. The average Bonchev–Trinajstić information content (AvgIpc) is 2.63. The molecule has 0 saturated heterocycles. The Morgan fingerprint density at radius 3 is 2.74 bits per heavy atom. The first kappa shape index (κ1) is 14.5. The molecule has 0 aliphatic carbocycles. The maximum Gasteiger partial charge on any atom is 0.109 e.